The molecule has 0 unspecified atom stereocenters. The molecule has 0 aliphatic carbocycles. The van der Waals surface area contributed by atoms with Gasteiger partial charge < -0.3 is 9.88 Å². The highest BCUT2D eigenvalue weighted by molar-refractivity contribution is 7.99. The summed E-state index contributed by atoms with van der Waals surface area (Å²) in [7, 11) is 0. The molecule has 1 aliphatic rings. The third kappa shape index (κ3) is 2.75. The van der Waals surface area contributed by atoms with E-state index in [1.54, 1.807) is 18.7 Å². The Bertz CT molecular complexity index is 864. The van der Waals surface area contributed by atoms with E-state index in [4.69, 9.17) is 0 Å². The molecule has 3 aromatic rings. The van der Waals surface area contributed by atoms with Gasteiger partial charge in [0.25, 0.3) is 5.91 Å². The first-order valence-electron chi connectivity index (χ1n) is 7.11. The van der Waals surface area contributed by atoms with Crippen molar-refractivity contribution in [3.63, 3.8) is 0 Å². The molecule has 116 valence electrons. The molecule has 1 aromatic carbocycles. The lowest BCUT2D eigenvalue weighted by atomic mass is 10.1. The second-order valence-electron chi connectivity index (χ2n) is 5.17. The maximum Gasteiger partial charge on any atom is 0.269 e. The fraction of sp³-hybridized carbons (Fsp3) is 0.200. The summed E-state index contributed by atoms with van der Waals surface area (Å²) in [4.78, 5) is 17.4. The maximum atomic E-state index is 12.3. The summed E-state index contributed by atoms with van der Waals surface area (Å²) < 4.78 is 5.96. The van der Waals surface area contributed by atoms with Crippen molar-refractivity contribution in [1.29, 1.82) is 0 Å². The number of thioether (sulfide) groups is 1. The minimum absolute atomic E-state index is 0.183. The summed E-state index contributed by atoms with van der Waals surface area (Å²) in [6.45, 7) is 2.78. The van der Waals surface area contributed by atoms with Gasteiger partial charge >= 0.3 is 0 Å². The number of hydrogen-bond donors (Lipinski definition) is 1. The number of fused-ring (bicyclic) bond motifs is 1. The van der Waals surface area contributed by atoms with Crippen LogP contribution >= 0.6 is 23.3 Å². The summed E-state index contributed by atoms with van der Waals surface area (Å²) in [5, 5.41) is 7.82. The predicted molar refractivity (Wildman–Crippen MR) is 91.0 cm³/mol. The molecule has 0 saturated heterocycles. The fourth-order valence-electron chi connectivity index (χ4n) is 2.43. The van der Waals surface area contributed by atoms with Crippen LogP contribution in [0, 0.1) is 6.92 Å². The smallest absolute Gasteiger partial charge is 0.269 e. The molecule has 23 heavy (non-hydrogen) atoms. The van der Waals surface area contributed by atoms with E-state index < -0.39 is 0 Å². The van der Waals surface area contributed by atoms with Crippen LogP contribution in [0.4, 0.5) is 5.69 Å². The van der Waals surface area contributed by atoms with Crippen LogP contribution in [0.25, 0.3) is 11.3 Å². The van der Waals surface area contributed by atoms with Crippen molar-refractivity contribution in [1.82, 2.24) is 19.1 Å². The van der Waals surface area contributed by atoms with Gasteiger partial charge in [-0.05, 0) is 30.6 Å². The number of nitrogens with zero attached hydrogens (tertiary/aromatic N) is 4. The number of rotatable bonds is 3. The molecule has 1 aliphatic heterocycles. The fourth-order valence-corrected chi connectivity index (χ4v) is 3.93. The first-order chi connectivity index (χ1) is 11.2. The second kappa shape index (κ2) is 5.78. The number of nitrogens with one attached hydrogen (secondary N) is 1. The van der Waals surface area contributed by atoms with Gasteiger partial charge in [-0.25, -0.2) is 4.98 Å². The van der Waals surface area contributed by atoms with Crippen molar-refractivity contribution in [3.05, 3.63) is 41.0 Å². The van der Waals surface area contributed by atoms with Gasteiger partial charge in [0.15, 0.2) is 5.16 Å². The van der Waals surface area contributed by atoms with Crippen molar-refractivity contribution in [2.45, 2.75) is 18.6 Å². The highest BCUT2D eigenvalue weighted by atomic mass is 32.2. The summed E-state index contributed by atoms with van der Waals surface area (Å²) >= 11 is 2.87. The van der Waals surface area contributed by atoms with Gasteiger partial charge in [-0.2, -0.15) is 0 Å². The Balaban J connectivity index is 1.58. The molecular weight excluding hydrogens is 330 g/mol. The zero-order valence-corrected chi connectivity index (χ0v) is 13.9. The van der Waals surface area contributed by atoms with Crippen LogP contribution in [-0.2, 0) is 6.54 Å². The number of benzene rings is 1. The average Bonchev–Trinajstić information content (AvgIpc) is 3.22. The molecule has 3 heterocycles. The van der Waals surface area contributed by atoms with E-state index in [9.17, 15) is 4.79 Å². The lowest BCUT2D eigenvalue weighted by Crippen LogP contribution is -2.11. The largest absolute Gasteiger partial charge is 0.325 e. The maximum absolute atomic E-state index is 12.3. The van der Waals surface area contributed by atoms with Crippen LogP contribution in [0.2, 0.25) is 0 Å². The van der Waals surface area contributed by atoms with Crippen LogP contribution in [0.15, 0.2) is 35.6 Å². The van der Waals surface area contributed by atoms with Gasteiger partial charge in [0, 0.05) is 29.7 Å². The van der Waals surface area contributed by atoms with E-state index in [1.807, 2.05) is 24.3 Å². The number of aromatic nitrogens is 4. The lowest BCUT2D eigenvalue weighted by Gasteiger charge is -2.05. The monoisotopic (exact) mass is 343 g/mol. The molecule has 0 bridgehead atoms. The Morgan fingerprint density at radius 1 is 1.39 bits per heavy atom. The molecule has 8 heteroatoms. The summed E-state index contributed by atoms with van der Waals surface area (Å²) in [5.74, 6) is 0.901. The second-order valence-corrected chi connectivity index (χ2v) is 6.99. The average molecular weight is 343 g/mol. The molecule has 0 spiro atoms. The molecule has 1 N–H and O–H groups in total. The van der Waals surface area contributed by atoms with Crippen LogP contribution in [0.3, 0.4) is 0 Å². The van der Waals surface area contributed by atoms with E-state index in [0.717, 1.165) is 45.9 Å². The quantitative estimate of drug-likeness (QED) is 0.791. The third-order valence-corrected chi connectivity index (χ3v) is 5.37. The number of carbonyl (C=O) groups is 1. The van der Waals surface area contributed by atoms with Gasteiger partial charge in [0.2, 0.25) is 0 Å². The molecule has 6 nitrogen and oxygen atoms in total. The van der Waals surface area contributed by atoms with Crippen LogP contribution in [-0.4, -0.2) is 30.8 Å². The van der Waals surface area contributed by atoms with Gasteiger partial charge in [0.05, 0.1) is 11.4 Å². The topological polar surface area (TPSA) is 72.7 Å². The first-order valence-corrected chi connectivity index (χ1v) is 8.87. The van der Waals surface area contributed by atoms with Gasteiger partial charge in [0.1, 0.15) is 4.88 Å². The molecule has 1 amide bonds. The van der Waals surface area contributed by atoms with Gasteiger partial charge in [-0.1, -0.05) is 28.4 Å². The van der Waals surface area contributed by atoms with Crippen molar-refractivity contribution < 1.29 is 4.79 Å². The van der Waals surface area contributed by atoms with Crippen molar-refractivity contribution >= 4 is 34.9 Å². The Kier molecular flexibility index (Phi) is 3.62. The predicted octanol–water partition coefficient (Wildman–Crippen LogP) is 3.07. The third-order valence-electron chi connectivity index (χ3n) is 3.58. The van der Waals surface area contributed by atoms with E-state index in [0.29, 0.717) is 10.6 Å². The van der Waals surface area contributed by atoms with Crippen molar-refractivity contribution in [2.75, 3.05) is 11.1 Å². The SMILES string of the molecule is Cc1nnsc1C(=O)Nc1cccc(-c2cn3c(n2)SCC3)c1. The number of carbonyl (C=O) groups excluding carboxylic acids is 1. The molecule has 4 rings (SSSR count). The molecule has 0 fully saturated rings. The molecule has 0 atom stereocenters. The zero-order valence-electron chi connectivity index (χ0n) is 12.3. The number of amides is 1. The number of imidazole rings is 1. The summed E-state index contributed by atoms with van der Waals surface area (Å²) in [6.07, 6.45) is 2.06. The van der Waals surface area contributed by atoms with Crippen LogP contribution < -0.4 is 5.32 Å². The van der Waals surface area contributed by atoms with Crippen LogP contribution in [0.1, 0.15) is 15.4 Å². The number of aryl methyl sites for hydroxylation is 2. The molecule has 0 saturated carbocycles. The Labute approximate surface area is 141 Å². The highest BCUT2D eigenvalue weighted by Crippen LogP contribution is 2.30. The Morgan fingerprint density at radius 3 is 3.09 bits per heavy atom. The van der Waals surface area contributed by atoms with Crippen molar-refractivity contribution in [3.8, 4) is 11.3 Å². The van der Waals surface area contributed by atoms with E-state index in [-0.39, 0.29) is 5.91 Å². The minimum Gasteiger partial charge on any atom is -0.325 e. The van der Waals surface area contributed by atoms with Gasteiger partial charge in [-0.3, -0.25) is 4.79 Å². The van der Waals surface area contributed by atoms with E-state index in [1.165, 1.54) is 0 Å². The van der Waals surface area contributed by atoms with Gasteiger partial charge in [-0.15, -0.1) is 5.10 Å². The summed E-state index contributed by atoms with van der Waals surface area (Å²) in [6, 6.07) is 7.71. The summed E-state index contributed by atoms with van der Waals surface area (Å²) in [5.41, 5.74) is 3.30. The first kappa shape index (κ1) is 14.4. The van der Waals surface area contributed by atoms with E-state index in [2.05, 4.69) is 30.7 Å². The molecular formula is C15H13N5OS2. The molecule has 0 radical (unpaired) electrons. The Morgan fingerprint density at radius 2 is 2.30 bits per heavy atom. The normalized spacial score (nSPS) is 13.1. The number of anilines is 1. The molecule has 2 aromatic heterocycles. The van der Waals surface area contributed by atoms with Crippen LogP contribution in [0.5, 0.6) is 0 Å². The van der Waals surface area contributed by atoms with Crippen molar-refractivity contribution in [2.24, 2.45) is 0 Å². The van der Waals surface area contributed by atoms with E-state index >= 15 is 0 Å². The minimum atomic E-state index is -0.183. The standard InChI is InChI=1S/C15H13N5OS2/c1-9-13(23-19-18-9)14(21)16-11-4-2-3-10(7-11)12-8-20-5-6-22-15(20)17-12/h2-4,7-8H,5-6H2,1H3,(H,16,21). The number of hydrogen-bond acceptors (Lipinski definition) is 6. The zero-order chi connectivity index (χ0) is 15.8. The lowest BCUT2D eigenvalue weighted by molar-refractivity contribution is 0.103. The Hall–Kier alpha value is -2.19. The highest BCUT2D eigenvalue weighted by Gasteiger charge is 2.16.